The van der Waals surface area contributed by atoms with Crippen molar-refractivity contribution in [2.45, 2.75) is 340 Å². The van der Waals surface area contributed by atoms with E-state index < -0.39 is 67.3 Å². The predicted molar refractivity (Wildman–Crippen MR) is 331 cm³/mol. The molecule has 0 radical (unpaired) electrons. The number of rotatable bonds is 57. The average Bonchev–Trinajstić information content (AvgIpc) is 3.54. The highest BCUT2D eigenvalue weighted by atomic mass is 16.7. The van der Waals surface area contributed by atoms with E-state index in [4.69, 9.17) is 23.7 Å². The van der Waals surface area contributed by atoms with Gasteiger partial charge in [0, 0.05) is 19.3 Å². The number of esters is 3. The summed E-state index contributed by atoms with van der Waals surface area (Å²) in [4.78, 5) is 51.4. The van der Waals surface area contributed by atoms with Crippen LogP contribution >= 0.6 is 0 Å². The number of allylic oxidation sites excluding steroid dienone is 10. The third kappa shape index (κ3) is 46.5. The van der Waals surface area contributed by atoms with E-state index in [-0.39, 0.29) is 25.9 Å². The van der Waals surface area contributed by atoms with Gasteiger partial charge < -0.3 is 39.0 Å². The van der Waals surface area contributed by atoms with Crippen LogP contribution < -0.4 is 0 Å². The van der Waals surface area contributed by atoms with Gasteiger partial charge in [0.15, 0.2) is 24.6 Å². The minimum atomic E-state index is -1.91. The van der Waals surface area contributed by atoms with Crippen molar-refractivity contribution in [2.24, 2.45) is 0 Å². The van der Waals surface area contributed by atoms with E-state index in [0.29, 0.717) is 19.3 Å². The molecule has 1 aliphatic heterocycles. The molecule has 468 valence electrons. The lowest BCUT2D eigenvalue weighted by molar-refractivity contribution is -0.301. The lowest BCUT2D eigenvalue weighted by Gasteiger charge is -2.40. The molecule has 6 atom stereocenters. The number of aliphatic hydroxyl groups is 2. The van der Waals surface area contributed by atoms with Crippen LogP contribution in [0.4, 0.5) is 0 Å². The van der Waals surface area contributed by atoms with E-state index in [1.54, 1.807) is 0 Å². The lowest BCUT2D eigenvalue weighted by Crippen LogP contribution is -2.61. The van der Waals surface area contributed by atoms with Gasteiger partial charge in [-0.05, 0) is 109 Å². The summed E-state index contributed by atoms with van der Waals surface area (Å²) in [6.07, 6.45) is 58.8. The first-order valence-corrected chi connectivity index (χ1v) is 33.3. The third-order valence-electron chi connectivity index (χ3n) is 15.0. The van der Waals surface area contributed by atoms with E-state index >= 15 is 0 Å². The number of carbonyl (C=O) groups excluding carboxylic acids is 3. The second-order valence-electron chi connectivity index (χ2n) is 22.7. The van der Waals surface area contributed by atoms with Crippen molar-refractivity contribution in [1.29, 1.82) is 0 Å². The zero-order valence-corrected chi connectivity index (χ0v) is 51.8. The number of carboxylic acid groups (broad SMARTS) is 1. The summed E-state index contributed by atoms with van der Waals surface area (Å²) in [5.41, 5.74) is 0. The van der Waals surface area contributed by atoms with Gasteiger partial charge in [0.25, 0.3) is 0 Å². The highest BCUT2D eigenvalue weighted by Crippen LogP contribution is 2.27. The van der Waals surface area contributed by atoms with Crippen molar-refractivity contribution < 1.29 is 58.2 Å². The number of unbranched alkanes of at least 4 members (excludes halogenated alkanes) is 33. The first kappa shape index (κ1) is 75.4. The average molecular weight is 1140 g/mol. The molecule has 12 heteroatoms. The van der Waals surface area contributed by atoms with Crippen molar-refractivity contribution in [3.63, 3.8) is 0 Å². The standard InChI is InChI=1S/C69H120O12/c1-4-7-10-13-16-19-22-25-28-30-31-33-36-39-42-45-48-51-54-57-63(72)80-67-65(74)64(73)66(68(75)76)81-69(67)78-59-60(79-62(71)56-53-50-47-44-41-38-34-27-24-21-18-15-12-9-6-3)58-77-61(70)55-52-49-46-43-40-37-35-32-29-26-23-20-17-14-11-8-5-2/h16,18-19,21,25-29,34,60,64-67,69,73-74H,4-15,17,20,22-24,30-33,35-59H2,1-3H3,(H,75,76)/b19-16-,21-18-,28-25-,29-26-,34-27-. The summed E-state index contributed by atoms with van der Waals surface area (Å²) in [6.45, 7) is 5.96. The second-order valence-corrected chi connectivity index (χ2v) is 22.7. The molecule has 1 aliphatic rings. The summed E-state index contributed by atoms with van der Waals surface area (Å²) in [7, 11) is 0. The van der Waals surface area contributed by atoms with Gasteiger partial charge in [-0.1, -0.05) is 236 Å². The third-order valence-corrected chi connectivity index (χ3v) is 15.0. The quantitative estimate of drug-likeness (QED) is 0.0228. The molecule has 1 rings (SSSR count). The van der Waals surface area contributed by atoms with Gasteiger partial charge in [-0.3, -0.25) is 14.4 Å². The van der Waals surface area contributed by atoms with Crippen LogP contribution in [0.5, 0.6) is 0 Å². The van der Waals surface area contributed by atoms with Crippen LogP contribution in [0, 0.1) is 0 Å². The molecule has 1 fully saturated rings. The van der Waals surface area contributed by atoms with E-state index in [1.165, 1.54) is 135 Å². The Kier molecular flexibility index (Phi) is 53.0. The molecule has 0 bridgehead atoms. The number of carboxylic acids is 1. The smallest absolute Gasteiger partial charge is 0.335 e. The summed E-state index contributed by atoms with van der Waals surface area (Å²) in [6, 6.07) is 0. The van der Waals surface area contributed by atoms with Gasteiger partial charge in [-0.25, -0.2) is 4.79 Å². The first-order chi connectivity index (χ1) is 39.6. The molecular weight excluding hydrogens is 1020 g/mol. The van der Waals surface area contributed by atoms with E-state index in [2.05, 4.69) is 81.5 Å². The molecule has 1 saturated heterocycles. The molecular formula is C69H120O12. The van der Waals surface area contributed by atoms with Gasteiger partial charge in [-0.15, -0.1) is 0 Å². The zero-order valence-electron chi connectivity index (χ0n) is 51.8. The van der Waals surface area contributed by atoms with Gasteiger partial charge >= 0.3 is 23.9 Å². The Bertz CT molecular complexity index is 1640. The Morgan fingerprint density at radius 2 is 0.741 bits per heavy atom. The maximum atomic E-state index is 13.2. The Morgan fingerprint density at radius 3 is 1.15 bits per heavy atom. The normalized spacial score (nSPS) is 18.1. The van der Waals surface area contributed by atoms with Crippen LogP contribution in [0.15, 0.2) is 60.8 Å². The first-order valence-electron chi connectivity index (χ1n) is 33.3. The van der Waals surface area contributed by atoms with Crippen LogP contribution in [0.1, 0.15) is 303 Å². The van der Waals surface area contributed by atoms with Crippen LogP contribution in [-0.2, 0) is 42.9 Å². The topological polar surface area (TPSA) is 175 Å². The van der Waals surface area contributed by atoms with Gasteiger partial charge in [0.1, 0.15) is 18.8 Å². The summed E-state index contributed by atoms with van der Waals surface area (Å²) in [5.74, 6) is -3.13. The van der Waals surface area contributed by atoms with Crippen LogP contribution in [0.25, 0.3) is 0 Å². The molecule has 6 unspecified atom stereocenters. The van der Waals surface area contributed by atoms with Crippen LogP contribution in [-0.4, -0.2) is 89.2 Å². The number of hydrogen-bond acceptors (Lipinski definition) is 11. The number of hydrogen-bond donors (Lipinski definition) is 3. The van der Waals surface area contributed by atoms with Crippen molar-refractivity contribution in [3.05, 3.63) is 60.8 Å². The van der Waals surface area contributed by atoms with Crippen LogP contribution in [0.2, 0.25) is 0 Å². The Balaban J connectivity index is 2.65. The SMILES string of the molecule is CCCCC/C=C\C/C=C\CCCCCCCCCCCC(=O)OC1C(OCC(COC(=O)CCCCCCCCC/C=C\CCCCCCCC)OC(=O)CCCCCCC/C=C\C/C=C\CCCCC)OC(C(=O)O)C(O)C1O. The molecule has 0 spiro atoms. The lowest BCUT2D eigenvalue weighted by atomic mass is 9.98. The largest absolute Gasteiger partial charge is 0.479 e. The predicted octanol–water partition coefficient (Wildman–Crippen LogP) is 17.9. The maximum Gasteiger partial charge on any atom is 0.335 e. The zero-order chi connectivity index (χ0) is 58.9. The fourth-order valence-electron chi connectivity index (χ4n) is 9.89. The summed E-state index contributed by atoms with van der Waals surface area (Å²) >= 11 is 0. The molecule has 0 aliphatic carbocycles. The van der Waals surface area contributed by atoms with E-state index in [0.717, 1.165) is 109 Å². The highest BCUT2D eigenvalue weighted by molar-refractivity contribution is 5.74. The monoisotopic (exact) mass is 1140 g/mol. The second kappa shape index (κ2) is 56.9. The summed E-state index contributed by atoms with van der Waals surface area (Å²) < 4.78 is 28.5. The molecule has 1 heterocycles. The molecule has 0 amide bonds. The Labute approximate surface area is 494 Å². The highest BCUT2D eigenvalue weighted by Gasteiger charge is 2.50. The maximum absolute atomic E-state index is 13.2. The van der Waals surface area contributed by atoms with Gasteiger partial charge in [-0.2, -0.15) is 0 Å². The van der Waals surface area contributed by atoms with E-state index in [1.807, 2.05) is 0 Å². The molecule has 0 aromatic heterocycles. The van der Waals surface area contributed by atoms with Gasteiger partial charge in [0.05, 0.1) is 6.61 Å². The molecule has 3 N–H and O–H groups in total. The van der Waals surface area contributed by atoms with Gasteiger partial charge in [0.2, 0.25) is 0 Å². The molecule has 12 nitrogen and oxygen atoms in total. The van der Waals surface area contributed by atoms with Crippen molar-refractivity contribution in [2.75, 3.05) is 13.2 Å². The Hall–Kier alpha value is -3.58. The van der Waals surface area contributed by atoms with Crippen molar-refractivity contribution in [1.82, 2.24) is 0 Å². The number of aliphatic carboxylic acids is 1. The minimum absolute atomic E-state index is 0.0537. The molecule has 0 aromatic carbocycles. The van der Waals surface area contributed by atoms with Crippen molar-refractivity contribution >= 4 is 23.9 Å². The molecule has 81 heavy (non-hydrogen) atoms. The van der Waals surface area contributed by atoms with Crippen LogP contribution in [0.3, 0.4) is 0 Å². The Morgan fingerprint density at radius 1 is 0.407 bits per heavy atom. The number of carbonyl (C=O) groups is 4. The summed E-state index contributed by atoms with van der Waals surface area (Å²) in [5, 5.41) is 31.6. The fraction of sp³-hybridized carbons (Fsp3) is 0.797. The minimum Gasteiger partial charge on any atom is -0.479 e. The number of ether oxygens (including phenoxy) is 5. The number of aliphatic hydroxyl groups excluding tert-OH is 2. The van der Waals surface area contributed by atoms with E-state index in [9.17, 15) is 34.5 Å². The molecule has 0 aromatic rings. The van der Waals surface area contributed by atoms with Crippen molar-refractivity contribution in [3.8, 4) is 0 Å². The molecule has 0 saturated carbocycles. The fourth-order valence-corrected chi connectivity index (χ4v) is 9.89.